The van der Waals surface area contributed by atoms with E-state index < -0.39 is 0 Å². The first-order valence-electron chi connectivity index (χ1n) is 5.76. The van der Waals surface area contributed by atoms with Crippen molar-refractivity contribution in [1.29, 1.82) is 0 Å². The summed E-state index contributed by atoms with van der Waals surface area (Å²) in [5.74, 6) is 0.553. The van der Waals surface area contributed by atoms with E-state index in [2.05, 4.69) is 17.6 Å². The quantitative estimate of drug-likeness (QED) is 0.616. The van der Waals surface area contributed by atoms with Crippen LogP contribution in [0.15, 0.2) is 0 Å². The second-order valence-electron chi connectivity index (χ2n) is 5.05. The molecular formula is C11H20N2O2. The van der Waals surface area contributed by atoms with Gasteiger partial charge in [0.05, 0.1) is 13.2 Å². The van der Waals surface area contributed by atoms with Crippen molar-refractivity contribution in [1.82, 2.24) is 10.6 Å². The van der Waals surface area contributed by atoms with Crippen LogP contribution in [-0.4, -0.2) is 38.8 Å². The summed E-state index contributed by atoms with van der Waals surface area (Å²) >= 11 is 0. The van der Waals surface area contributed by atoms with Gasteiger partial charge in [0, 0.05) is 31.0 Å². The number of ether oxygens (including phenoxy) is 1. The molecule has 0 aromatic carbocycles. The molecule has 1 aliphatic heterocycles. The van der Waals surface area contributed by atoms with E-state index in [-0.39, 0.29) is 5.91 Å². The Kier molecular flexibility index (Phi) is 3.26. The molecule has 15 heavy (non-hydrogen) atoms. The van der Waals surface area contributed by atoms with Gasteiger partial charge in [0.1, 0.15) is 0 Å². The van der Waals surface area contributed by atoms with Crippen molar-refractivity contribution < 1.29 is 9.53 Å². The first-order valence-corrected chi connectivity index (χ1v) is 5.76. The summed E-state index contributed by atoms with van der Waals surface area (Å²) in [5, 5.41) is 6.28. The predicted molar refractivity (Wildman–Crippen MR) is 57.5 cm³/mol. The van der Waals surface area contributed by atoms with E-state index in [0.29, 0.717) is 11.3 Å². The summed E-state index contributed by atoms with van der Waals surface area (Å²) in [6, 6.07) is 0. The van der Waals surface area contributed by atoms with Crippen LogP contribution >= 0.6 is 0 Å². The molecule has 0 aromatic rings. The Morgan fingerprint density at radius 3 is 2.67 bits per heavy atom. The summed E-state index contributed by atoms with van der Waals surface area (Å²) in [7, 11) is 0. The highest BCUT2D eigenvalue weighted by Gasteiger charge is 2.32. The second-order valence-corrected chi connectivity index (χ2v) is 5.05. The lowest BCUT2D eigenvalue weighted by molar-refractivity contribution is -0.122. The third-order valence-corrected chi connectivity index (χ3v) is 3.00. The van der Waals surface area contributed by atoms with Crippen LogP contribution in [0.25, 0.3) is 0 Å². The summed E-state index contributed by atoms with van der Waals surface area (Å²) in [5.41, 5.74) is 0.320. The Hall–Kier alpha value is -0.610. The lowest BCUT2D eigenvalue weighted by Crippen LogP contribution is -2.48. The van der Waals surface area contributed by atoms with Crippen molar-refractivity contribution in [2.45, 2.75) is 19.8 Å². The SMILES string of the molecule is CC1(CNCCNC(=O)C2CC2)COC1. The zero-order chi connectivity index (χ0) is 10.7. The van der Waals surface area contributed by atoms with Crippen LogP contribution in [0.2, 0.25) is 0 Å². The second kappa shape index (κ2) is 4.49. The zero-order valence-corrected chi connectivity index (χ0v) is 9.34. The molecule has 0 aromatic heterocycles. The first kappa shape index (κ1) is 10.9. The Bertz CT molecular complexity index is 235. The third-order valence-electron chi connectivity index (χ3n) is 3.00. The summed E-state index contributed by atoms with van der Waals surface area (Å²) in [6.45, 7) is 6.50. The fraction of sp³-hybridized carbons (Fsp3) is 0.909. The molecular weight excluding hydrogens is 192 g/mol. The van der Waals surface area contributed by atoms with Crippen LogP contribution in [-0.2, 0) is 9.53 Å². The molecule has 2 fully saturated rings. The highest BCUT2D eigenvalue weighted by atomic mass is 16.5. The van der Waals surface area contributed by atoms with Gasteiger partial charge in [-0.3, -0.25) is 4.79 Å². The fourth-order valence-corrected chi connectivity index (χ4v) is 1.71. The molecule has 1 saturated carbocycles. The topological polar surface area (TPSA) is 50.4 Å². The number of nitrogens with one attached hydrogen (secondary N) is 2. The zero-order valence-electron chi connectivity index (χ0n) is 9.34. The van der Waals surface area contributed by atoms with Crippen LogP contribution in [0.4, 0.5) is 0 Å². The first-order chi connectivity index (χ1) is 7.20. The Balaban J connectivity index is 1.46. The number of hydrogen-bond acceptors (Lipinski definition) is 3. The molecule has 1 amide bonds. The molecule has 0 radical (unpaired) electrons. The van der Waals surface area contributed by atoms with Gasteiger partial charge in [-0.25, -0.2) is 0 Å². The molecule has 2 N–H and O–H groups in total. The van der Waals surface area contributed by atoms with Crippen molar-refractivity contribution in [3.8, 4) is 0 Å². The van der Waals surface area contributed by atoms with Gasteiger partial charge in [0.25, 0.3) is 0 Å². The average molecular weight is 212 g/mol. The molecule has 0 bridgehead atoms. The van der Waals surface area contributed by atoms with E-state index in [0.717, 1.165) is 45.7 Å². The van der Waals surface area contributed by atoms with Gasteiger partial charge < -0.3 is 15.4 Å². The van der Waals surface area contributed by atoms with Crippen LogP contribution in [0.3, 0.4) is 0 Å². The van der Waals surface area contributed by atoms with Gasteiger partial charge >= 0.3 is 0 Å². The van der Waals surface area contributed by atoms with Crippen LogP contribution in [0.5, 0.6) is 0 Å². The highest BCUT2D eigenvalue weighted by molar-refractivity contribution is 5.80. The largest absolute Gasteiger partial charge is 0.380 e. The van der Waals surface area contributed by atoms with Gasteiger partial charge in [0.2, 0.25) is 5.91 Å². The molecule has 4 heteroatoms. The molecule has 1 aliphatic carbocycles. The van der Waals surface area contributed by atoms with Gasteiger partial charge in [-0.1, -0.05) is 6.92 Å². The maximum Gasteiger partial charge on any atom is 0.223 e. The number of carbonyl (C=O) groups is 1. The van der Waals surface area contributed by atoms with Gasteiger partial charge in [0.15, 0.2) is 0 Å². The predicted octanol–water partition coefficient (Wildman–Crippen LogP) is 0.139. The summed E-state index contributed by atoms with van der Waals surface area (Å²) < 4.78 is 5.16. The molecule has 0 spiro atoms. The minimum atomic E-state index is 0.231. The number of hydrogen-bond donors (Lipinski definition) is 2. The monoisotopic (exact) mass is 212 g/mol. The Morgan fingerprint density at radius 1 is 1.40 bits per heavy atom. The van der Waals surface area contributed by atoms with Crippen molar-refractivity contribution in [2.75, 3.05) is 32.8 Å². The lowest BCUT2D eigenvalue weighted by Gasteiger charge is -2.38. The lowest BCUT2D eigenvalue weighted by atomic mass is 9.89. The molecule has 2 aliphatic rings. The minimum Gasteiger partial charge on any atom is -0.380 e. The molecule has 1 heterocycles. The van der Waals surface area contributed by atoms with Crippen molar-refractivity contribution in [3.05, 3.63) is 0 Å². The van der Waals surface area contributed by atoms with Crippen LogP contribution in [0.1, 0.15) is 19.8 Å². The standard InChI is InChI=1S/C11H20N2O2/c1-11(7-15-8-11)6-12-4-5-13-10(14)9-2-3-9/h9,12H,2-8H2,1H3,(H,13,14). The summed E-state index contributed by atoms with van der Waals surface area (Å²) in [4.78, 5) is 11.3. The molecule has 1 saturated heterocycles. The number of amides is 1. The molecule has 0 unspecified atom stereocenters. The number of rotatable bonds is 6. The highest BCUT2D eigenvalue weighted by Crippen LogP contribution is 2.28. The van der Waals surface area contributed by atoms with E-state index in [1.54, 1.807) is 0 Å². The van der Waals surface area contributed by atoms with Crippen molar-refractivity contribution in [2.24, 2.45) is 11.3 Å². The van der Waals surface area contributed by atoms with Crippen LogP contribution < -0.4 is 10.6 Å². The Morgan fingerprint density at radius 2 is 2.13 bits per heavy atom. The fourth-order valence-electron chi connectivity index (χ4n) is 1.71. The van der Waals surface area contributed by atoms with Crippen molar-refractivity contribution in [3.63, 3.8) is 0 Å². The van der Waals surface area contributed by atoms with E-state index in [1.807, 2.05) is 0 Å². The normalized spacial score (nSPS) is 23.3. The van der Waals surface area contributed by atoms with E-state index in [4.69, 9.17) is 4.74 Å². The number of carbonyl (C=O) groups excluding carboxylic acids is 1. The smallest absolute Gasteiger partial charge is 0.223 e. The average Bonchev–Trinajstić information content (AvgIpc) is 2.97. The molecule has 2 rings (SSSR count). The minimum absolute atomic E-state index is 0.231. The van der Waals surface area contributed by atoms with Gasteiger partial charge in [-0.2, -0.15) is 0 Å². The maximum atomic E-state index is 11.3. The van der Waals surface area contributed by atoms with Gasteiger partial charge in [-0.05, 0) is 12.8 Å². The van der Waals surface area contributed by atoms with Crippen LogP contribution in [0, 0.1) is 11.3 Å². The van der Waals surface area contributed by atoms with E-state index >= 15 is 0 Å². The van der Waals surface area contributed by atoms with E-state index in [9.17, 15) is 4.79 Å². The molecule has 0 atom stereocenters. The molecule has 86 valence electrons. The van der Waals surface area contributed by atoms with Crippen molar-refractivity contribution >= 4 is 5.91 Å². The summed E-state index contributed by atoms with van der Waals surface area (Å²) in [6.07, 6.45) is 2.16. The third kappa shape index (κ3) is 3.18. The van der Waals surface area contributed by atoms with Gasteiger partial charge in [-0.15, -0.1) is 0 Å². The Labute approximate surface area is 90.8 Å². The van der Waals surface area contributed by atoms with E-state index in [1.165, 1.54) is 0 Å². The maximum absolute atomic E-state index is 11.3. The molecule has 4 nitrogen and oxygen atoms in total.